The van der Waals surface area contributed by atoms with Gasteiger partial charge in [-0.1, -0.05) is 12.5 Å². The van der Waals surface area contributed by atoms with Gasteiger partial charge in [-0.3, -0.25) is 4.98 Å². The summed E-state index contributed by atoms with van der Waals surface area (Å²) in [6.45, 7) is 0. The van der Waals surface area contributed by atoms with Crippen molar-refractivity contribution in [1.82, 2.24) is 4.98 Å². The number of hydrogen-bond donors (Lipinski definition) is 2. The van der Waals surface area contributed by atoms with Crippen molar-refractivity contribution in [2.45, 2.75) is 50.2 Å². The molecular weight excluding hydrogens is 226 g/mol. The van der Waals surface area contributed by atoms with Crippen LogP contribution in [0, 0.1) is 11.8 Å². The number of aromatic nitrogens is 1. The van der Waals surface area contributed by atoms with E-state index in [1.165, 1.54) is 6.42 Å². The molecule has 2 N–H and O–H groups in total. The highest BCUT2D eigenvalue weighted by Gasteiger charge is 2.54. The lowest BCUT2D eigenvalue weighted by molar-refractivity contribution is -0.142. The lowest BCUT2D eigenvalue weighted by Gasteiger charge is -2.42. The molecule has 0 saturated heterocycles. The van der Waals surface area contributed by atoms with Gasteiger partial charge in [0.05, 0.1) is 11.7 Å². The van der Waals surface area contributed by atoms with Gasteiger partial charge >= 0.3 is 0 Å². The summed E-state index contributed by atoms with van der Waals surface area (Å²) in [6, 6.07) is 5.71. The predicted molar refractivity (Wildman–Crippen MR) is 69.0 cm³/mol. The van der Waals surface area contributed by atoms with Crippen LogP contribution in [0.1, 0.15) is 37.8 Å². The summed E-state index contributed by atoms with van der Waals surface area (Å²) in [6.07, 6.45) is 6.99. The molecule has 2 fully saturated rings. The molecule has 3 rings (SSSR count). The van der Waals surface area contributed by atoms with Crippen molar-refractivity contribution in [3.63, 3.8) is 0 Å². The third kappa shape index (κ3) is 1.86. The van der Waals surface area contributed by atoms with Gasteiger partial charge in [-0.05, 0) is 49.7 Å². The van der Waals surface area contributed by atoms with E-state index in [2.05, 4.69) is 4.98 Å². The topological polar surface area (TPSA) is 53.4 Å². The Morgan fingerprint density at radius 1 is 1.22 bits per heavy atom. The molecule has 98 valence electrons. The molecule has 2 aliphatic rings. The second kappa shape index (κ2) is 4.63. The molecular formula is C15H21NO2. The van der Waals surface area contributed by atoms with E-state index in [0.29, 0.717) is 6.42 Å². The summed E-state index contributed by atoms with van der Waals surface area (Å²) in [5.74, 6) is 0.574. The van der Waals surface area contributed by atoms with Gasteiger partial charge in [-0.25, -0.2) is 0 Å². The Labute approximate surface area is 108 Å². The van der Waals surface area contributed by atoms with Crippen molar-refractivity contribution >= 4 is 0 Å². The molecule has 1 aromatic heterocycles. The van der Waals surface area contributed by atoms with Gasteiger partial charge in [0.1, 0.15) is 0 Å². The Kier molecular flexibility index (Phi) is 3.12. The van der Waals surface area contributed by atoms with E-state index >= 15 is 0 Å². The second-order valence-electron chi connectivity index (χ2n) is 5.83. The monoisotopic (exact) mass is 247 g/mol. The van der Waals surface area contributed by atoms with Crippen LogP contribution in [0.4, 0.5) is 0 Å². The number of hydrogen-bond acceptors (Lipinski definition) is 3. The van der Waals surface area contributed by atoms with Gasteiger partial charge in [-0.15, -0.1) is 0 Å². The van der Waals surface area contributed by atoms with Crippen LogP contribution < -0.4 is 0 Å². The Bertz CT molecular complexity index is 390. The average Bonchev–Trinajstić information content (AvgIpc) is 2.58. The Morgan fingerprint density at radius 3 is 2.56 bits per heavy atom. The Balaban J connectivity index is 1.77. The second-order valence-corrected chi connectivity index (χ2v) is 5.83. The van der Waals surface area contributed by atoms with Crippen LogP contribution in [-0.4, -0.2) is 26.9 Å². The number of pyridine rings is 1. The highest BCUT2D eigenvalue weighted by molar-refractivity contribution is 5.11. The first-order chi connectivity index (χ1) is 8.71. The molecule has 2 bridgehead atoms. The lowest BCUT2D eigenvalue weighted by Crippen LogP contribution is -2.53. The average molecular weight is 247 g/mol. The summed E-state index contributed by atoms with van der Waals surface area (Å²) in [4.78, 5) is 4.24. The van der Waals surface area contributed by atoms with Gasteiger partial charge in [-0.2, -0.15) is 0 Å². The van der Waals surface area contributed by atoms with Crippen molar-refractivity contribution in [1.29, 1.82) is 0 Å². The summed E-state index contributed by atoms with van der Waals surface area (Å²) < 4.78 is 0. The van der Waals surface area contributed by atoms with Crippen LogP contribution >= 0.6 is 0 Å². The molecule has 2 saturated carbocycles. The molecule has 1 heterocycles. The molecule has 0 radical (unpaired) electrons. The van der Waals surface area contributed by atoms with Crippen LogP contribution in [0.5, 0.6) is 0 Å². The summed E-state index contributed by atoms with van der Waals surface area (Å²) >= 11 is 0. The maximum absolute atomic E-state index is 10.9. The zero-order valence-electron chi connectivity index (χ0n) is 10.6. The SMILES string of the molecule is OC(Cc1ccccn1)[C@]1(O)[C@@H]2CCC[C@H]1CC2. The molecule has 0 spiro atoms. The Hall–Kier alpha value is -0.930. The Morgan fingerprint density at radius 2 is 1.94 bits per heavy atom. The third-order valence-electron chi connectivity index (χ3n) is 4.94. The van der Waals surface area contributed by atoms with Crippen LogP contribution in [0.2, 0.25) is 0 Å². The largest absolute Gasteiger partial charge is 0.390 e. The first kappa shape index (κ1) is 12.1. The fraction of sp³-hybridized carbons (Fsp3) is 0.667. The highest BCUT2D eigenvalue weighted by Crippen LogP contribution is 2.51. The van der Waals surface area contributed by atoms with Gasteiger partial charge in [0, 0.05) is 18.3 Å². The van der Waals surface area contributed by atoms with Crippen LogP contribution in [0.3, 0.4) is 0 Å². The number of rotatable bonds is 3. The van der Waals surface area contributed by atoms with E-state index in [1.807, 2.05) is 18.2 Å². The van der Waals surface area contributed by atoms with E-state index < -0.39 is 11.7 Å². The first-order valence-electron chi connectivity index (χ1n) is 7.01. The fourth-order valence-corrected chi connectivity index (χ4v) is 3.98. The van der Waals surface area contributed by atoms with E-state index in [1.54, 1.807) is 6.20 Å². The standard InChI is InChI=1S/C15H21NO2/c17-14(10-13-6-1-2-9-16-13)15(18)11-4-3-5-12(15)8-7-11/h1-2,6,9,11-12,14,17-18H,3-5,7-8,10H2/t11-,12+,14?,15+. The number of aliphatic hydroxyl groups excluding tert-OH is 1. The lowest BCUT2D eigenvalue weighted by atomic mass is 9.70. The highest BCUT2D eigenvalue weighted by atomic mass is 16.3. The maximum Gasteiger partial charge on any atom is 0.0965 e. The van der Waals surface area contributed by atoms with Gasteiger partial charge in [0.15, 0.2) is 0 Å². The number of nitrogens with zero attached hydrogens (tertiary/aromatic N) is 1. The maximum atomic E-state index is 10.9. The molecule has 4 atom stereocenters. The van der Waals surface area contributed by atoms with E-state index in [4.69, 9.17) is 0 Å². The van der Waals surface area contributed by atoms with E-state index in [9.17, 15) is 10.2 Å². The molecule has 0 aromatic carbocycles. The molecule has 18 heavy (non-hydrogen) atoms. The van der Waals surface area contributed by atoms with Crippen LogP contribution in [-0.2, 0) is 6.42 Å². The molecule has 2 aliphatic carbocycles. The minimum Gasteiger partial charge on any atom is -0.390 e. The molecule has 3 nitrogen and oxygen atoms in total. The quantitative estimate of drug-likeness (QED) is 0.858. The van der Waals surface area contributed by atoms with Crippen molar-refractivity contribution in [3.05, 3.63) is 30.1 Å². The van der Waals surface area contributed by atoms with Gasteiger partial charge in [0.25, 0.3) is 0 Å². The molecule has 3 heteroatoms. The van der Waals surface area contributed by atoms with E-state index in [-0.39, 0.29) is 11.8 Å². The van der Waals surface area contributed by atoms with Crippen molar-refractivity contribution in [3.8, 4) is 0 Å². The predicted octanol–water partition coefficient (Wildman–Crippen LogP) is 1.93. The number of fused-ring (bicyclic) bond motifs is 2. The minimum absolute atomic E-state index is 0.287. The fourth-order valence-electron chi connectivity index (χ4n) is 3.98. The molecule has 0 amide bonds. The van der Waals surface area contributed by atoms with E-state index in [0.717, 1.165) is 31.4 Å². The molecule has 1 aromatic rings. The normalized spacial score (nSPS) is 36.6. The zero-order chi connectivity index (χ0) is 12.6. The summed E-state index contributed by atoms with van der Waals surface area (Å²) in [5, 5.41) is 21.4. The molecule has 1 unspecified atom stereocenters. The molecule has 0 aliphatic heterocycles. The zero-order valence-corrected chi connectivity index (χ0v) is 10.6. The van der Waals surface area contributed by atoms with Crippen molar-refractivity contribution in [2.24, 2.45) is 11.8 Å². The van der Waals surface area contributed by atoms with Gasteiger partial charge < -0.3 is 10.2 Å². The minimum atomic E-state index is -0.865. The van der Waals surface area contributed by atoms with Crippen LogP contribution in [0.25, 0.3) is 0 Å². The van der Waals surface area contributed by atoms with Gasteiger partial charge in [0.2, 0.25) is 0 Å². The van der Waals surface area contributed by atoms with Crippen LogP contribution in [0.15, 0.2) is 24.4 Å². The smallest absolute Gasteiger partial charge is 0.0965 e. The summed E-state index contributed by atoms with van der Waals surface area (Å²) in [5.41, 5.74) is -0.00105. The summed E-state index contributed by atoms with van der Waals surface area (Å²) in [7, 11) is 0. The first-order valence-corrected chi connectivity index (χ1v) is 7.01. The number of aliphatic hydroxyl groups is 2. The van der Waals surface area contributed by atoms with Crippen molar-refractivity contribution < 1.29 is 10.2 Å². The van der Waals surface area contributed by atoms with Crippen molar-refractivity contribution in [2.75, 3.05) is 0 Å². The third-order valence-corrected chi connectivity index (χ3v) is 4.94.